The molecule has 6 rings (SSSR count). The molecule has 14 nitrogen and oxygen atoms in total. The number of benzene rings is 1. The van der Waals surface area contributed by atoms with Gasteiger partial charge in [0.2, 0.25) is 22.7 Å². The Bertz CT molecular complexity index is 2040. The number of rotatable bonds is 8. The fourth-order valence-electron chi connectivity index (χ4n) is 8.08. The number of methoxy groups -OCH3 is 1. The summed E-state index contributed by atoms with van der Waals surface area (Å²) >= 11 is 0. The van der Waals surface area contributed by atoms with Gasteiger partial charge in [0, 0.05) is 37.1 Å². The molecule has 56 heavy (non-hydrogen) atoms. The van der Waals surface area contributed by atoms with E-state index in [9.17, 15) is 41.5 Å². The molecule has 0 radical (unpaired) electrons. The number of hydrogen-bond donors (Lipinski definition) is 3. The van der Waals surface area contributed by atoms with E-state index in [0.717, 1.165) is 4.90 Å². The number of aromatic nitrogens is 1. The molecule has 3 fully saturated rings. The topological polar surface area (TPSA) is 185 Å². The summed E-state index contributed by atoms with van der Waals surface area (Å²) in [5, 5.41) is 11.5. The van der Waals surface area contributed by atoms with Gasteiger partial charge in [0.15, 0.2) is 0 Å². The summed E-state index contributed by atoms with van der Waals surface area (Å²) in [6.07, 6.45) is 3.85. The van der Waals surface area contributed by atoms with Crippen LogP contribution in [-0.2, 0) is 24.4 Å². The highest BCUT2D eigenvalue weighted by atomic mass is 32.2. The van der Waals surface area contributed by atoms with Crippen molar-refractivity contribution in [2.75, 3.05) is 20.2 Å². The number of amides is 4. The van der Waals surface area contributed by atoms with E-state index in [1.165, 1.54) is 36.4 Å². The van der Waals surface area contributed by atoms with Gasteiger partial charge in [0.05, 0.1) is 25.2 Å². The maximum Gasteiger partial charge on any atom is 0.408 e. The quantitative estimate of drug-likeness (QED) is 0.310. The van der Waals surface area contributed by atoms with Gasteiger partial charge in [-0.15, -0.1) is 0 Å². The number of hydrogen-bond acceptors (Lipinski definition) is 9. The van der Waals surface area contributed by atoms with Gasteiger partial charge in [-0.3, -0.25) is 19.3 Å². The van der Waals surface area contributed by atoms with Crippen LogP contribution in [0.2, 0.25) is 0 Å². The lowest BCUT2D eigenvalue weighted by Crippen LogP contribution is -2.60. The Hall–Kier alpha value is -4.54. The number of fused-ring (bicyclic) bond motifs is 3. The predicted octanol–water partition coefficient (Wildman–Crippen LogP) is 4.92. The van der Waals surface area contributed by atoms with Crippen molar-refractivity contribution >= 4 is 44.6 Å². The summed E-state index contributed by atoms with van der Waals surface area (Å²) < 4.78 is 68.6. The van der Waals surface area contributed by atoms with Crippen molar-refractivity contribution in [2.45, 2.75) is 108 Å². The van der Waals surface area contributed by atoms with Crippen molar-refractivity contribution in [3.8, 4) is 11.6 Å². The second-order valence-electron chi connectivity index (χ2n) is 17.1. The minimum absolute atomic E-state index is 0.00759. The molecule has 0 bridgehead atoms. The van der Waals surface area contributed by atoms with Crippen LogP contribution in [0.4, 0.5) is 13.6 Å². The summed E-state index contributed by atoms with van der Waals surface area (Å²) in [7, 11) is -3.27. The summed E-state index contributed by atoms with van der Waals surface area (Å²) in [6, 6.07) is 1.46. The van der Waals surface area contributed by atoms with Gasteiger partial charge in [-0.25, -0.2) is 31.7 Å². The zero-order chi connectivity index (χ0) is 41.0. The van der Waals surface area contributed by atoms with Crippen molar-refractivity contribution in [3.05, 3.63) is 42.4 Å². The third kappa shape index (κ3) is 8.28. The minimum atomic E-state index is -4.71. The number of carbonyl (C=O) groups is 4. The lowest BCUT2D eigenvalue weighted by Gasteiger charge is -2.40. The SMILES string of the molecule is COc1cnc(O[C@@H]2C[C@H]3C(=O)N[C@]4(C(=O)NS(=O)(=O)C5(F)CC5)C[C@H]4C=CCC[C@@H](C)C[C@@H](C)[C@H](N(CC(C)(C)C)C(=O)O)C(=O)N3C2)c2cc(F)ccc12. The Kier molecular flexibility index (Phi) is 11.1. The fraction of sp³-hybridized carbons (Fsp3) is 0.615. The fourth-order valence-corrected chi connectivity index (χ4v) is 9.33. The van der Waals surface area contributed by atoms with E-state index in [1.807, 2.05) is 45.4 Å². The molecule has 4 amide bonds. The molecule has 0 unspecified atom stereocenters. The molecular formula is C39H51F2N5O9S. The zero-order valence-electron chi connectivity index (χ0n) is 32.5. The van der Waals surface area contributed by atoms with Crippen molar-refractivity contribution in [2.24, 2.45) is 23.2 Å². The van der Waals surface area contributed by atoms with Crippen molar-refractivity contribution < 1.29 is 51.0 Å². The Morgan fingerprint density at radius 1 is 1.16 bits per heavy atom. The number of ether oxygens (including phenoxy) is 2. The first kappa shape index (κ1) is 41.1. The summed E-state index contributed by atoms with van der Waals surface area (Å²) in [5.41, 5.74) is -2.31. The molecule has 1 aromatic carbocycles. The number of alkyl halides is 1. The van der Waals surface area contributed by atoms with E-state index >= 15 is 0 Å². The predicted molar refractivity (Wildman–Crippen MR) is 201 cm³/mol. The van der Waals surface area contributed by atoms with Gasteiger partial charge >= 0.3 is 6.09 Å². The molecule has 1 saturated heterocycles. The van der Waals surface area contributed by atoms with Gasteiger partial charge in [-0.2, -0.15) is 0 Å². The van der Waals surface area contributed by atoms with Crippen LogP contribution in [0.25, 0.3) is 10.8 Å². The van der Waals surface area contributed by atoms with Crippen LogP contribution >= 0.6 is 0 Å². The molecule has 17 heteroatoms. The number of carboxylic acid groups (broad SMARTS) is 1. The van der Waals surface area contributed by atoms with Crippen LogP contribution < -0.4 is 19.5 Å². The number of allylic oxidation sites excluding steroid dienone is 1. The molecule has 1 aromatic heterocycles. The van der Waals surface area contributed by atoms with Gasteiger partial charge in [0.1, 0.15) is 35.3 Å². The average molecular weight is 804 g/mol. The molecule has 3 heterocycles. The molecule has 0 spiro atoms. The molecule has 7 atom stereocenters. The molecular weight excluding hydrogens is 753 g/mol. The minimum Gasteiger partial charge on any atom is -0.494 e. The number of pyridine rings is 1. The van der Waals surface area contributed by atoms with E-state index in [0.29, 0.717) is 30.4 Å². The molecule has 2 aliphatic carbocycles. The summed E-state index contributed by atoms with van der Waals surface area (Å²) in [4.78, 5) is 63.0. The Morgan fingerprint density at radius 3 is 2.52 bits per heavy atom. The number of nitrogens with one attached hydrogen (secondary N) is 2. The Labute approximate surface area is 325 Å². The van der Waals surface area contributed by atoms with Crippen LogP contribution in [0.15, 0.2) is 36.5 Å². The molecule has 2 saturated carbocycles. The molecule has 306 valence electrons. The van der Waals surface area contributed by atoms with Gasteiger partial charge in [-0.1, -0.05) is 46.8 Å². The second kappa shape index (κ2) is 15.1. The average Bonchev–Trinajstić information content (AvgIpc) is 3.99. The highest BCUT2D eigenvalue weighted by molar-refractivity contribution is 7.91. The smallest absolute Gasteiger partial charge is 0.408 e. The van der Waals surface area contributed by atoms with Gasteiger partial charge in [-0.05, 0) is 61.1 Å². The Morgan fingerprint density at radius 2 is 1.88 bits per heavy atom. The van der Waals surface area contributed by atoms with E-state index in [4.69, 9.17) is 9.47 Å². The van der Waals surface area contributed by atoms with Crippen LogP contribution in [0.1, 0.15) is 79.6 Å². The summed E-state index contributed by atoms with van der Waals surface area (Å²) in [6.45, 7) is 9.20. The highest BCUT2D eigenvalue weighted by Crippen LogP contribution is 2.48. The van der Waals surface area contributed by atoms with Crippen LogP contribution in [0.5, 0.6) is 11.6 Å². The molecule has 3 N–H and O–H groups in total. The summed E-state index contributed by atoms with van der Waals surface area (Å²) in [5.74, 6) is -3.81. The van der Waals surface area contributed by atoms with Crippen LogP contribution in [-0.4, -0.2) is 101 Å². The lowest BCUT2D eigenvalue weighted by molar-refractivity contribution is -0.145. The number of halogens is 2. The largest absolute Gasteiger partial charge is 0.494 e. The second-order valence-corrected chi connectivity index (χ2v) is 19.1. The molecule has 4 aliphatic rings. The van der Waals surface area contributed by atoms with Gasteiger partial charge < -0.3 is 24.8 Å². The Balaban J connectivity index is 1.40. The van der Waals surface area contributed by atoms with Crippen molar-refractivity contribution in [3.63, 3.8) is 0 Å². The third-order valence-electron chi connectivity index (χ3n) is 11.2. The molecule has 2 aromatic rings. The van der Waals surface area contributed by atoms with Crippen molar-refractivity contribution in [1.29, 1.82) is 0 Å². The number of sulfonamides is 1. The standard InChI is InChI=1S/C39H51F2N5O9S/c1-22-9-7-8-10-24-18-39(24,35(49)44-56(52,53)38(41)13-14-38)43-32(47)29-17-26(55-33-28-16-25(40)11-12-27(28)30(54-6)19-42-33)20-45(29)34(48)31(23(2)15-22)46(36(50)51)21-37(3,4)5/h8,10-12,16,19,22-24,26,29,31H,7,9,13-15,17-18,20-21H2,1-6H3,(H,43,47)(H,44,49)(H,50,51)/t22-,23-,24-,26-,29+,31+,39-/m1/s1. The number of nitrogens with zero attached hydrogens (tertiary/aromatic N) is 3. The normalized spacial score (nSPS) is 29.2. The lowest BCUT2D eigenvalue weighted by atomic mass is 9.86. The first-order valence-corrected chi connectivity index (χ1v) is 20.5. The maximum absolute atomic E-state index is 15.0. The van der Waals surface area contributed by atoms with E-state index in [2.05, 4.69) is 10.3 Å². The van der Waals surface area contributed by atoms with Crippen molar-refractivity contribution in [1.82, 2.24) is 24.8 Å². The van der Waals surface area contributed by atoms with E-state index < -0.39 is 85.6 Å². The maximum atomic E-state index is 15.0. The van der Waals surface area contributed by atoms with Crippen LogP contribution in [0, 0.1) is 29.0 Å². The first-order valence-electron chi connectivity index (χ1n) is 19.0. The van der Waals surface area contributed by atoms with E-state index in [-0.39, 0.29) is 56.0 Å². The zero-order valence-corrected chi connectivity index (χ0v) is 33.3. The third-order valence-corrected chi connectivity index (χ3v) is 13.1. The van der Waals surface area contributed by atoms with E-state index in [1.54, 1.807) is 6.08 Å². The first-order chi connectivity index (χ1) is 26.2. The number of carbonyl (C=O) groups excluding carboxylic acids is 3. The molecule has 2 aliphatic heterocycles. The van der Waals surface area contributed by atoms with Crippen LogP contribution in [0.3, 0.4) is 0 Å². The monoisotopic (exact) mass is 803 g/mol. The highest BCUT2D eigenvalue weighted by Gasteiger charge is 2.64. The van der Waals surface area contributed by atoms with Gasteiger partial charge in [0.25, 0.3) is 15.9 Å².